The van der Waals surface area contributed by atoms with Crippen LogP contribution in [0.3, 0.4) is 0 Å². The van der Waals surface area contributed by atoms with E-state index in [9.17, 15) is 9.59 Å². The van der Waals surface area contributed by atoms with Crippen molar-refractivity contribution in [3.8, 4) is 0 Å². The van der Waals surface area contributed by atoms with Crippen molar-refractivity contribution in [2.45, 2.75) is 31.3 Å². The zero-order chi connectivity index (χ0) is 23.6. The maximum Gasteiger partial charge on any atom is 0.262 e. The topological polar surface area (TPSA) is 63.1 Å². The van der Waals surface area contributed by atoms with Gasteiger partial charge in [-0.3, -0.25) is 19.5 Å². The fraction of sp³-hybridized carbons (Fsp3) is 0.185. The molecule has 1 spiro atoms. The number of amides is 1. The molecular formula is C27H21Br2N3O2. The van der Waals surface area contributed by atoms with Gasteiger partial charge in [0.05, 0.1) is 11.2 Å². The molecule has 2 aliphatic rings. The SMILES string of the molecule is CC1CCc2c(n(C(=O)c3cccc(Br)c3)c3ccccc23)C2(N1)C(=O)Nc1ccc(Br)cc12. The molecule has 2 N–H and O–H groups in total. The van der Waals surface area contributed by atoms with Crippen LogP contribution in [0.5, 0.6) is 0 Å². The lowest BCUT2D eigenvalue weighted by Gasteiger charge is -2.32. The number of nitrogens with one attached hydrogen (secondary N) is 2. The summed E-state index contributed by atoms with van der Waals surface area (Å²) >= 11 is 7.08. The van der Waals surface area contributed by atoms with Gasteiger partial charge in [-0.05, 0) is 67.8 Å². The van der Waals surface area contributed by atoms with Crippen LogP contribution in [-0.4, -0.2) is 22.4 Å². The lowest BCUT2D eigenvalue weighted by atomic mass is 9.85. The van der Waals surface area contributed by atoms with Crippen molar-refractivity contribution in [1.29, 1.82) is 0 Å². The number of nitrogens with zero attached hydrogens (tertiary/aromatic N) is 1. The van der Waals surface area contributed by atoms with Crippen LogP contribution < -0.4 is 10.6 Å². The van der Waals surface area contributed by atoms with Gasteiger partial charge in [0, 0.05) is 37.2 Å². The minimum atomic E-state index is -1.19. The Hall–Kier alpha value is -2.74. The molecule has 0 bridgehead atoms. The molecule has 2 aliphatic heterocycles. The lowest BCUT2D eigenvalue weighted by Crippen LogP contribution is -2.53. The summed E-state index contributed by atoms with van der Waals surface area (Å²) in [7, 11) is 0. The number of benzene rings is 3. The number of halogens is 2. The molecule has 1 amide bonds. The van der Waals surface area contributed by atoms with Crippen LogP contribution in [0.1, 0.15) is 40.5 Å². The average molecular weight is 579 g/mol. The van der Waals surface area contributed by atoms with E-state index in [2.05, 4.69) is 55.5 Å². The largest absolute Gasteiger partial charge is 0.323 e. The maximum absolute atomic E-state index is 14.1. The number of hydrogen-bond donors (Lipinski definition) is 2. The van der Waals surface area contributed by atoms with Gasteiger partial charge in [-0.15, -0.1) is 0 Å². The number of carbonyl (C=O) groups excluding carboxylic acids is 2. The van der Waals surface area contributed by atoms with Gasteiger partial charge in [-0.1, -0.05) is 56.1 Å². The summed E-state index contributed by atoms with van der Waals surface area (Å²) in [4.78, 5) is 28.0. The Bertz CT molecular complexity index is 1510. The molecule has 0 radical (unpaired) electrons. The van der Waals surface area contributed by atoms with Crippen molar-refractivity contribution in [3.63, 3.8) is 0 Å². The average Bonchev–Trinajstić information content (AvgIpc) is 3.23. The molecule has 2 unspecified atom stereocenters. The summed E-state index contributed by atoms with van der Waals surface area (Å²) in [5, 5.41) is 7.73. The van der Waals surface area contributed by atoms with Crippen LogP contribution >= 0.6 is 31.9 Å². The standard InChI is InChI=1S/C27H21Br2N3O2/c1-15-9-11-20-19-7-2-3-8-23(19)32(25(33)16-5-4-6-17(28)13-16)24(20)27(31-15)21-14-18(29)10-12-22(21)30-26(27)34/h2-8,10,12-15,31H,9,11H2,1H3,(H,30,34). The molecule has 0 saturated carbocycles. The highest BCUT2D eigenvalue weighted by Crippen LogP contribution is 2.48. The monoisotopic (exact) mass is 577 g/mol. The molecule has 3 heterocycles. The zero-order valence-electron chi connectivity index (χ0n) is 18.4. The van der Waals surface area contributed by atoms with Crippen molar-refractivity contribution in [3.05, 3.63) is 98.1 Å². The Kier molecular flexibility index (Phi) is 5.06. The molecule has 170 valence electrons. The summed E-state index contributed by atoms with van der Waals surface area (Å²) in [6.07, 6.45) is 1.62. The van der Waals surface area contributed by atoms with Gasteiger partial charge in [0.1, 0.15) is 0 Å². The third kappa shape index (κ3) is 3.07. The highest BCUT2D eigenvalue weighted by atomic mass is 79.9. The number of hydrogen-bond acceptors (Lipinski definition) is 3. The second-order valence-electron chi connectivity index (χ2n) is 8.97. The van der Waals surface area contributed by atoms with Crippen molar-refractivity contribution in [1.82, 2.24) is 9.88 Å². The van der Waals surface area contributed by atoms with Crippen LogP contribution in [-0.2, 0) is 16.8 Å². The first-order valence-electron chi connectivity index (χ1n) is 11.2. The fourth-order valence-corrected chi connectivity index (χ4v) is 6.20. The normalized spacial score (nSPS) is 21.3. The lowest BCUT2D eigenvalue weighted by molar-refractivity contribution is -0.120. The van der Waals surface area contributed by atoms with Crippen molar-refractivity contribution in [2.24, 2.45) is 0 Å². The first kappa shape index (κ1) is 21.8. The molecule has 2 atom stereocenters. The Balaban J connectivity index is 1.74. The molecule has 0 saturated heterocycles. The Morgan fingerprint density at radius 1 is 1.03 bits per heavy atom. The molecule has 1 aromatic heterocycles. The van der Waals surface area contributed by atoms with Crippen molar-refractivity contribution in [2.75, 3.05) is 5.32 Å². The van der Waals surface area contributed by atoms with Gasteiger partial charge in [-0.25, -0.2) is 0 Å². The minimum Gasteiger partial charge on any atom is -0.323 e. The molecule has 4 aromatic rings. The van der Waals surface area contributed by atoms with Crippen LogP contribution in [0.4, 0.5) is 5.69 Å². The third-order valence-corrected chi connectivity index (χ3v) is 7.86. The molecule has 6 rings (SSSR count). The number of para-hydroxylation sites is 1. The van der Waals surface area contributed by atoms with E-state index >= 15 is 0 Å². The summed E-state index contributed by atoms with van der Waals surface area (Å²) in [5.41, 5.74) is 3.50. The van der Waals surface area contributed by atoms with E-state index in [4.69, 9.17) is 0 Å². The minimum absolute atomic E-state index is 0.0660. The summed E-state index contributed by atoms with van der Waals surface area (Å²) in [6.45, 7) is 2.10. The third-order valence-electron chi connectivity index (χ3n) is 6.87. The Morgan fingerprint density at radius 2 is 1.82 bits per heavy atom. The first-order valence-corrected chi connectivity index (χ1v) is 12.8. The Labute approximate surface area is 213 Å². The van der Waals surface area contributed by atoms with E-state index < -0.39 is 5.54 Å². The van der Waals surface area contributed by atoms with Gasteiger partial charge in [0.25, 0.3) is 11.8 Å². The predicted octanol–water partition coefficient (Wildman–Crippen LogP) is 5.97. The zero-order valence-corrected chi connectivity index (χ0v) is 21.5. The second kappa shape index (κ2) is 7.90. The first-order chi connectivity index (χ1) is 16.4. The smallest absolute Gasteiger partial charge is 0.262 e. The van der Waals surface area contributed by atoms with Gasteiger partial charge >= 0.3 is 0 Å². The number of carbonyl (C=O) groups is 2. The number of fused-ring (bicyclic) bond motifs is 6. The van der Waals surface area contributed by atoms with Crippen LogP contribution in [0, 0.1) is 0 Å². The van der Waals surface area contributed by atoms with Crippen LogP contribution in [0.2, 0.25) is 0 Å². The van der Waals surface area contributed by atoms with Gasteiger partial charge in [-0.2, -0.15) is 0 Å². The van der Waals surface area contributed by atoms with Crippen molar-refractivity contribution >= 4 is 60.3 Å². The molecule has 5 nitrogen and oxygen atoms in total. The molecule has 0 aliphatic carbocycles. The number of rotatable bonds is 1. The van der Waals surface area contributed by atoms with Gasteiger partial charge in [0.2, 0.25) is 0 Å². The van der Waals surface area contributed by atoms with E-state index in [1.807, 2.05) is 60.7 Å². The van der Waals surface area contributed by atoms with Gasteiger partial charge in [0.15, 0.2) is 5.54 Å². The molecule has 34 heavy (non-hydrogen) atoms. The molecule has 0 fully saturated rings. The van der Waals surface area contributed by atoms with E-state index in [0.29, 0.717) is 11.3 Å². The van der Waals surface area contributed by atoms with E-state index in [1.165, 1.54) is 0 Å². The van der Waals surface area contributed by atoms with E-state index in [0.717, 1.165) is 49.5 Å². The highest BCUT2D eigenvalue weighted by Gasteiger charge is 2.54. The summed E-state index contributed by atoms with van der Waals surface area (Å²) in [5.74, 6) is -0.326. The number of anilines is 1. The molecular weight excluding hydrogens is 558 g/mol. The van der Waals surface area contributed by atoms with E-state index in [1.54, 1.807) is 4.57 Å². The predicted molar refractivity (Wildman–Crippen MR) is 140 cm³/mol. The second-order valence-corrected chi connectivity index (χ2v) is 10.8. The number of aromatic nitrogens is 1. The van der Waals surface area contributed by atoms with Crippen LogP contribution in [0.15, 0.2) is 75.7 Å². The number of aryl methyl sites for hydroxylation is 1. The Morgan fingerprint density at radius 3 is 2.65 bits per heavy atom. The quantitative estimate of drug-likeness (QED) is 0.292. The van der Waals surface area contributed by atoms with E-state index in [-0.39, 0.29) is 17.9 Å². The maximum atomic E-state index is 14.1. The molecule has 7 heteroatoms. The van der Waals surface area contributed by atoms with Crippen molar-refractivity contribution < 1.29 is 9.59 Å². The summed E-state index contributed by atoms with van der Waals surface area (Å²) in [6, 6.07) is 21.2. The highest BCUT2D eigenvalue weighted by molar-refractivity contribution is 9.10. The summed E-state index contributed by atoms with van der Waals surface area (Å²) < 4.78 is 3.46. The van der Waals surface area contributed by atoms with Crippen LogP contribution in [0.25, 0.3) is 10.9 Å². The van der Waals surface area contributed by atoms with Gasteiger partial charge < -0.3 is 5.32 Å². The fourth-order valence-electron chi connectivity index (χ4n) is 5.44. The molecule has 3 aromatic carbocycles.